The monoisotopic (exact) mass is 259 g/mol. The molecule has 1 aromatic carbocycles. The standard InChI is InChI=1S/C16H25N3/c1-4-11-19-15-8-6-5-7-14(15)18-16(19)10-9-13(2)12-17-3/h5-8,13,17H,4,9-12H2,1-3H3. The zero-order chi connectivity index (χ0) is 13.7. The van der Waals surface area contributed by atoms with E-state index in [1.54, 1.807) is 0 Å². The first kappa shape index (κ1) is 14.1. The Morgan fingerprint density at radius 3 is 2.84 bits per heavy atom. The molecule has 0 spiro atoms. The Bertz CT molecular complexity index is 516. The molecule has 0 saturated heterocycles. The Labute approximate surface area is 116 Å². The van der Waals surface area contributed by atoms with Crippen molar-refractivity contribution in [2.75, 3.05) is 13.6 Å². The first-order valence-corrected chi connectivity index (χ1v) is 7.35. The van der Waals surface area contributed by atoms with Crippen molar-refractivity contribution >= 4 is 11.0 Å². The Morgan fingerprint density at radius 2 is 2.11 bits per heavy atom. The Kier molecular flexibility index (Phi) is 4.97. The molecule has 3 heteroatoms. The number of rotatable bonds is 7. The normalized spacial score (nSPS) is 13.0. The van der Waals surface area contributed by atoms with Gasteiger partial charge in [0, 0.05) is 13.0 Å². The van der Waals surface area contributed by atoms with Crippen molar-refractivity contribution in [3.8, 4) is 0 Å². The van der Waals surface area contributed by atoms with Crippen LogP contribution in [-0.2, 0) is 13.0 Å². The molecule has 0 radical (unpaired) electrons. The minimum absolute atomic E-state index is 0.694. The molecule has 0 amide bonds. The summed E-state index contributed by atoms with van der Waals surface area (Å²) in [6, 6.07) is 8.46. The summed E-state index contributed by atoms with van der Waals surface area (Å²) >= 11 is 0. The Hall–Kier alpha value is -1.35. The summed E-state index contributed by atoms with van der Waals surface area (Å²) in [6.07, 6.45) is 3.41. The maximum atomic E-state index is 4.81. The second-order valence-electron chi connectivity index (χ2n) is 5.37. The molecule has 0 aliphatic carbocycles. The number of aryl methyl sites for hydroxylation is 2. The Balaban J connectivity index is 2.19. The van der Waals surface area contributed by atoms with Gasteiger partial charge < -0.3 is 9.88 Å². The zero-order valence-corrected chi connectivity index (χ0v) is 12.3. The van der Waals surface area contributed by atoms with E-state index in [0.717, 1.165) is 31.4 Å². The van der Waals surface area contributed by atoms with Crippen molar-refractivity contribution in [2.45, 2.75) is 39.7 Å². The van der Waals surface area contributed by atoms with E-state index >= 15 is 0 Å². The van der Waals surface area contributed by atoms with Gasteiger partial charge in [-0.25, -0.2) is 4.98 Å². The number of hydrogen-bond donors (Lipinski definition) is 1. The molecule has 104 valence electrons. The molecule has 1 unspecified atom stereocenters. The lowest BCUT2D eigenvalue weighted by atomic mass is 10.1. The van der Waals surface area contributed by atoms with Gasteiger partial charge in [0.25, 0.3) is 0 Å². The molecule has 1 heterocycles. The highest BCUT2D eigenvalue weighted by atomic mass is 15.1. The number of hydrogen-bond acceptors (Lipinski definition) is 2. The summed E-state index contributed by atoms with van der Waals surface area (Å²) in [5.41, 5.74) is 2.41. The number of benzene rings is 1. The van der Waals surface area contributed by atoms with Crippen LogP contribution < -0.4 is 5.32 Å². The maximum absolute atomic E-state index is 4.81. The summed E-state index contributed by atoms with van der Waals surface area (Å²) in [5.74, 6) is 1.94. The van der Waals surface area contributed by atoms with Crippen LogP contribution in [0.4, 0.5) is 0 Å². The van der Waals surface area contributed by atoms with E-state index < -0.39 is 0 Å². The molecular formula is C16H25N3. The number of nitrogens with zero attached hydrogens (tertiary/aromatic N) is 2. The van der Waals surface area contributed by atoms with Crippen molar-refractivity contribution in [1.29, 1.82) is 0 Å². The molecule has 2 rings (SSSR count). The molecule has 0 aliphatic heterocycles. The van der Waals surface area contributed by atoms with Crippen molar-refractivity contribution in [3.63, 3.8) is 0 Å². The fourth-order valence-electron chi connectivity index (χ4n) is 2.62. The van der Waals surface area contributed by atoms with Crippen LogP contribution in [0.25, 0.3) is 11.0 Å². The summed E-state index contributed by atoms with van der Waals surface area (Å²) in [5, 5.41) is 3.24. The van der Waals surface area contributed by atoms with E-state index in [1.807, 2.05) is 7.05 Å². The Morgan fingerprint density at radius 1 is 1.32 bits per heavy atom. The SMILES string of the molecule is CCCn1c(CCC(C)CNC)nc2ccccc21. The number of para-hydroxylation sites is 2. The smallest absolute Gasteiger partial charge is 0.109 e. The summed E-state index contributed by atoms with van der Waals surface area (Å²) in [6.45, 7) is 6.66. The van der Waals surface area contributed by atoms with E-state index in [4.69, 9.17) is 4.98 Å². The molecule has 1 atom stereocenters. The van der Waals surface area contributed by atoms with Crippen LogP contribution in [0.2, 0.25) is 0 Å². The van der Waals surface area contributed by atoms with Gasteiger partial charge in [-0.2, -0.15) is 0 Å². The molecule has 0 saturated carbocycles. The van der Waals surface area contributed by atoms with Crippen LogP contribution in [0.3, 0.4) is 0 Å². The highest BCUT2D eigenvalue weighted by Crippen LogP contribution is 2.18. The van der Waals surface area contributed by atoms with Crippen molar-refractivity contribution in [3.05, 3.63) is 30.1 Å². The van der Waals surface area contributed by atoms with Gasteiger partial charge in [0.2, 0.25) is 0 Å². The van der Waals surface area contributed by atoms with Gasteiger partial charge in [0.15, 0.2) is 0 Å². The third-order valence-electron chi connectivity index (χ3n) is 3.59. The molecule has 0 fully saturated rings. The van der Waals surface area contributed by atoms with E-state index in [1.165, 1.54) is 17.8 Å². The minimum atomic E-state index is 0.694. The van der Waals surface area contributed by atoms with Crippen molar-refractivity contribution < 1.29 is 0 Å². The summed E-state index contributed by atoms with van der Waals surface area (Å²) in [7, 11) is 2.02. The number of aromatic nitrogens is 2. The largest absolute Gasteiger partial charge is 0.328 e. The first-order chi connectivity index (χ1) is 9.26. The quantitative estimate of drug-likeness (QED) is 0.827. The molecule has 0 bridgehead atoms. The van der Waals surface area contributed by atoms with Gasteiger partial charge in [-0.05, 0) is 44.5 Å². The second-order valence-corrected chi connectivity index (χ2v) is 5.37. The summed E-state index contributed by atoms with van der Waals surface area (Å²) in [4.78, 5) is 4.81. The fraction of sp³-hybridized carbons (Fsp3) is 0.562. The third kappa shape index (κ3) is 3.35. The minimum Gasteiger partial charge on any atom is -0.328 e. The average molecular weight is 259 g/mol. The fourth-order valence-corrected chi connectivity index (χ4v) is 2.62. The summed E-state index contributed by atoms with van der Waals surface area (Å²) < 4.78 is 2.39. The van der Waals surface area contributed by atoms with Crippen LogP contribution in [0, 0.1) is 5.92 Å². The van der Waals surface area contributed by atoms with Crippen molar-refractivity contribution in [2.24, 2.45) is 5.92 Å². The highest BCUT2D eigenvalue weighted by molar-refractivity contribution is 5.75. The van der Waals surface area contributed by atoms with Gasteiger partial charge in [-0.1, -0.05) is 26.0 Å². The number of imidazole rings is 1. The van der Waals surface area contributed by atoms with Gasteiger partial charge in [-0.15, -0.1) is 0 Å². The molecule has 1 N–H and O–H groups in total. The van der Waals surface area contributed by atoms with E-state index in [9.17, 15) is 0 Å². The lowest BCUT2D eigenvalue weighted by Gasteiger charge is -2.11. The molecule has 0 aliphatic rings. The van der Waals surface area contributed by atoms with Crippen molar-refractivity contribution in [1.82, 2.24) is 14.9 Å². The number of nitrogens with one attached hydrogen (secondary N) is 1. The lowest BCUT2D eigenvalue weighted by Crippen LogP contribution is -2.17. The van der Waals surface area contributed by atoms with Crippen LogP contribution in [-0.4, -0.2) is 23.1 Å². The highest BCUT2D eigenvalue weighted by Gasteiger charge is 2.10. The van der Waals surface area contributed by atoms with Gasteiger partial charge >= 0.3 is 0 Å². The van der Waals surface area contributed by atoms with Gasteiger partial charge in [-0.3, -0.25) is 0 Å². The average Bonchev–Trinajstić information content (AvgIpc) is 2.76. The lowest BCUT2D eigenvalue weighted by molar-refractivity contribution is 0.491. The third-order valence-corrected chi connectivity index (χ3v) is 3.59. The first-order valence-electron chi connectivity index (χ1n) is 7.35. The van der Waals surface area contributed by atoms with E-state index in [2.05, 4.69) is 48.0 Å². The van der Waals surface area contributed by atoms with Crippen LogP contribution in [0.15, 0.2) is 24.3 Å². The van der Waals surface area contributed by atoms with Crippen LogP contribution in [0.5, 0.6) is 0 Å². The van der Waals surface area contributed by atoms with Gasteiger partial charge in [0.05, 0.1) is 11.0 Å². The molecule has 2 aromatic rings. The molecule has 19 heavy (non-hydrogen) atoms. The molecule has 1 aromatic heterocycles. The van der Waals surface area contributed by atoms with E-state index in [-0.39, 0.29) is 0 Å². The molecule has 3 nitrogen and oxygen atoms in total. The molecular weight excluding hydrogens is 234 g/mol. The van der Waals surface area contributed by atoms with Crippen LogP contribution >= 0.6 is 0 Å². The van der Waals surface area contributed by atoms with Gasteiger partial charge in [0.1, 0.15) is 5.82 Å². The predicted molar refractivity (Wildman–Crippen MR) is 81.4 cm³/mol. The maximum Gasteiger partial charge on any atom is 0.109 e. The van der Waals surface area contributed by atoms with Crippen LogP contribution in [0.1, 0.15) is 32.5 Å². The topological polar surface area (TPSA) is 29.9 Å². The second kappa shape index (κ2) is 6.71. The predicted octanol–water partition coefficient (Wildman–Crippen LogP) is 3.23. The number of fused-ring (bicyclic) bond motifs is 1. The van der Waals surface area contributed by atoms with E-state index in [0.29, 0.717) is 5.92 Å². The zero-order valence-electron chi connectivity index (χ0n) is 12.3.